The number of carbonyl (C=O) groups is 2. The Labute approximate surface area is 249 Å². The summed E-state index contributed by atoms with van der Waals surface area (Å²) in [5, 5.41) is 3.44. The number of carbonyl (C=O) groups excluding carboxylic acids is 2. The average molecular weight is 627 g/mol. The molecule has 5 rings (SSSR count). The zero-order chi connectivity index (χ0) is 29.3. The molecule has 1 fully saturated rings. The van der Waals surface area contributed by atoms with Crippen LogP contribution in [-0.4, -0.2) is 46.3 Å². The molecule has 0 aromatic heterocycles. The van der Waals surface area contributed by atoms with Gasteiger partial charge in [-0.25, -0.2) is 4.79 Å². The summed E-state index contributed by atoms with van der Waals surface area (Å²) in [5.41, 5.74) is 4.25. The summed E-state index contributed by atoms with van der Waals surface area (Å²) in [6.45, 7) is 1.88. The molecular formula is C32H36BrNO7. The van der Waals surface area contributed by atoms with Crippen molar-refractivity contribution in [3.8, 4) is 23.0 Å². The van der Waals surface area contributed by atoms with Crippen LogP contribution in [0, 0.1) is 0 Å². The van der Waals surface area contributed by atoms with Crippen molar-refractivity contribution in [2.75, 3.05) is 28.4 Å². The first-order valence-corrected chi connectivity index (χ1v) is 14.7. The van der Waals surface area contributed by atoms with Crippen molar-refractivity contribution in [2.24, 2.45) is 0 Å². The summed E-state index contributed by atoms with van der Waals surface area (Å²) in [7, 11) is 6.34. The number of benzene rings is 2. The molecule has 218 valence electrons. The number of ketones is 1. The van der Waals surface area contributed by atoms with Crippen LogP contribution in [0.25, 0.3) is 0 Å². The van der Waals surface area contributed by atoms with Crippen LogP contribution < -0.4 is 24.3 Å². The number of allylic oxidation sites excluding steroid dienone is 3. The fourth-order valence-corrected chi connectivity index (χ4v) is 6.83. The molecule has 1 N–H and O–H groups in total. The highest BCUT2D eigenvalue weighted by Gasteiger charge is 2.43. The summed E-state index contributed by atoms with van der Waals surface area (Å²) in [6, 6.07) is 9.42. The number of halogens is 1. The normalized spacial score (nSPS) is 20.9. The molecule has 1 saturated carbocycles. The van der Waals surface area contributed by atoms with E-state index in [1.54, 1.807) is 28.4 Å². The van der Waals surface area contributed by atoms with Crippen molar-refractivity contribution in [1.29, 1.82) is 0 Å². The van der Waals surface area contributed by atoms with Crippen LogP contribution in [0.15, 0.2) is 57.3 Å². The van der Waals surface area contributed by atoms with Crippen molar-refractivity contribution in [1.82, 2.24) is 5.32 Å². The maximum Gasteiger partial charge on any atom is 0.337 e. The third kappa shape index (κ3) is 5.56. The van der Waals surface area contributed by atoms with Crippen LogP contribution in [0.1, 0.15) is 68.4 Å². The molecule has 2 aromatic carbocycles. The van der Waals surface area contributed by atoms with Gasteiger partial charge in [-0.15, -0.1) is 0 Å². The highest BCUT2D eigenvalue weighted by molar-refractivity contribution is 9.10. The van der Waals surface area contributed by atoms with Crippen LogP contribution in [0.5, 0.6) is 23.0 Å². The molecule has 2 aliphatic carbocycles. The number of hydrogen-bond donors (Lipinski definition) is 1. The Morgan fingerprint density at radius 2 is 1.51 bits per heavy atom. The minimum Gasteiger partial charge on any atom is -0.493 e. The van der Waals surface area contributed by atoms with E-state index in [1.807, 2.05) is 37.3 Å². The maximum atomic E-state index is 14.1. The lowest BCUT2D eigenvalue weighted by Crippen LogP contribution is -2.36. The van der Waals surface area contributed by atoms with Crippen LogP contribution in [0.4, 0.5) is 0 Å². The lowest BCUT2D eigenvalue weighted by molar-refractivity contribution is -0.144. The Bertz CT molecular complexity index is 1420. The highest BCUT2D eigenvalue weighted by Crippen LogP contribution is 2.49. The van der Waals surface area contributed by atoms with Gasteiger partial charge >= 0.3 is 5.97 Å². The van der Waals surface area contributed by atoms with Crippen molar-refractivity contribution >= 4 is 27.7 Å². The molecule has 0 spiro atoms. The lowest BCUT2D eigenvalue weighted by Gasteiger charge is -2.37. The quantitative estimate of drug-likeness (QED) is 0.340. The van der Waals surface area contributed by atoms with Gasteiger partial charge in [0.1, 0.15) is 6.10 Å². The topological polar surface area (TPSA) is 92.3 Å². The smallest absolute Gasteiger partial charge is 0.337 e. The fourth-order valence-electron chi connectivity index (χ4n) is 6.28. The largest absolute Gasteiger partial charge is 0.493 e. The predicted octanol–water partition coefficient (Wildman–Crippen LogP) is 6.33. The number of rotatable bonds is 8. The zero-order valence-corrected chi connectivity index (χ0v) is 25.7. The van der Waals surface area contributed by atoms with Crippen LogP contribution in [0.3, 0.4) is 0 Å². The zero-order valence-electron chi connectivity index (χ0n) is 24.1. The number of methoxy groups -OCH3 is 4. The minimum atomic E-state index is -0.631. The van der Waals surface area contributed by atoms with Crippen molar-refractivity contribution < 1.29 is 33.3 Å². The Balaban J connectivity index is 1.59. The van der Waals surface area contributed by atoms with Crippen LogP contribution in [-0.2, 0) is 14.3 Å². The van der Waals surface area contributed by atoms with Gasteiger partial charge in [0, 0.05) is 33.8 Å². The second kappa shape index (κ2) is 12.2. The first kappa shape index (κ1) is 29.0. The number of hydrogen-bond acceptors (Lipinski definition) is 8. The highest BCUT2D eigenvalue weighted by atomic mass is 79.9. The van der Waals surface area contributed by atoms with E-state index >= 15 is 0 Å². The standard InChI is InChI=1S/C32H36BrNO7/c1-17-29(32(36)41-20-8-6-7-9-20)30(21-15-27(39-4)28(40-5)16-22(21)33)31-23(34-17)12-19(13-24(31)35)18-10-11-25(37-2)26(14-18)38-3/h10-11,14-16,19-20,30,34H,6-9,12-13H2,1-5H3/t19-,30-/m1/s1. The van der Waals surface area contributed by atoms with Gasteiger partial charge in [0.25, 0.3) is 0 Å². The van der Waals surface area contributed by atoms with Crippen LogP contribution in [0.2, 0.25) is 0 Å². The number of nitrogens with one attached hydrogen (secondary N) is 1. The molecule has 2 atom stereocenters. The molecule has 1 heterocycles. The maximum absolute atomic E-state index is 14.1. The minimum absolute atomic E-state index is 0.0242. The molecule has 0 bridgehead atoms. The summed E-state index contributed by atoms with van der Waals surface area (Å²) >= 11 is 3.70. The molecule has 3 aliphatic rings. The molecule has 8 nitrogen and oxygen atoms in total. The molecule has 0 radical (unpaired) electrons. The monoisotopic (exact) mass is 625 g/mol. The molecule has 1 aliphatic heterocycles. The third-order valence-electron chi connectivity index (χ3n) is 8.32. The second-order valence-corrected chi connectivity index (χ2v) is 11.5. The molecule has 0 saturated heterocycles. The van der Waals surface area contributed by atoms with Crippen LogP contribution >= 0.6 is 15.9 Å². The molecule has 2 aromatic rings. The van der Waals surface area contributed by atoms with Gasteiger partial charge in [0.15, 0.2) is 28.8 Å². The predicted molar refractivity (Wildman–Crippen MR) is 158 cm³/mol. The van der Waals surface area contributed by atoms with Gasteiger partial charge in [-0.1, -0.05) is 22.0 Å². The summed E-state index contributed by atoms with van der Waals surface area (Å²) in [5.74, 6) is 1.20. The van der Waals surface area contributed by atoms with E-state index in [9.17, 15) is 9.59 Å². The first-order chi connectivity index (χ1) is 19.8. The van der Waals surface area contributed by atoms with Gasteiger partial charge in [0.05, 0.1) is 34.0 Å². The SMILES string of the molecule is COc1ccc([C@H]2CC(=O)C3=C(C2)NC(C)=C(C(=O)OC2CCCC2)[C@H]3c2cc(OC)c(OC)cc2Br)cc1OC. The van der Waals surface area contributed by atoms with Crippen molar-refractivity contribution in [3.63, 3.8) is 0 Å². The molecule has 0 amide bonds. The molecule has 9 heteroatoms. The summed E-state index contributed by atoms with van der Waals surface area (Å²) in [4.78, 5) is 27.9. The van der Waals surface area contributed by atoms with E-state index in [-0.39, 0.29) is 17.8 Å². The molecular weight excluding hydrogens is 590 g/mol. The van der Waals surface area contributed by atoms with Crippen molar-refractivity contribution in [2.45, 2.75) is 63.4 Å². The number of Topliss-reactive ketones (excluding diaryl/α,β-unsaturated/α-hetero) is 1. The van der Waals surface area contributed by atoms with Gasteiger partial charge in [-0.2, -0.15) is 0 Å². The number of esters is 1. The average Bonchev–Trinajstić information content (AvgIpc) is 3.48. The third-order valence-corrected chi connectivity index (χ3v) is 9.00. The Hall–Kier alpha value is -3.46. The fraction of sp³-hybridized carbons (Fsp3) is 0.438. The summed E-state index contributed by atoms with van der Waals surface area (Å²) < 4.78 is 28.7. The van der Waals surface area contributed by atoms with Crippen molar-refractivity contribution in [3.05, 3.63) is 68.5 Å². The number of dihydropyridines is 1. The summed E-state index contributed by atoms with van der Waals surface area (Å²) in [6.07, 6.45) is 4.59. The van der Waals surface area contributed by atoms with E-state index in [4.69, 9.17) is 23.7 Å². The lowest BCUT2D eigenvalue weighted by atomic mass is 9.71. The van der Waals surface area contributed by atoms with E-state index in [0.717, 1.165) is 42.5 Å². The Kier molecular flexibility index (Phi) is 8.63. The first-order valence-electron chi connectivity index (χ1n) is 13.9. The molecule has 41 heavy (non-hydrogen) atoms. The van der Waals surface area contributed by atoms with Gasteiger partial charge in [-0.05, 0) is 80.3 Å². The Morgan fingerprint density at radius 1 is 0.878 bits per heavy atom. The van der Waals surface area contributed by atoms with E-state index < -0.39 is 11.9 Å². The second-order valence-electron chi connectivity index (χ2n) is 10.7. The Morgan fingerprint density at radius 3 is 2.17 bits per heavy atom. The van der Waals surface area contributed by atoms with E-state index in [1.165, 1.54) is 0 Å². The van der Waals surface area contributed by atoms with E-state index in [0.29, 0.717) is 57.2 Å². The van der Waals surface area contributed by atoms with Gasteiger partial charge in [0.2, 0.25) is 0 Å². The van der Waals surface area contributed by atoms with Gasteiger partial charge < -0.3 is 29.0 Å². The van der Waals surface area contributed by atoms with E-state index in [2.05, 4.69) is 21.2 Å². The van der Waals surface area contributed by atoms with Gasteiger partial charge in [-0.3, -0.25) is 4.79 Å². The molecule has 0 unspecified atom stereocenters. The number of ether oxygens (including phenoxy) is 5.